The van der Waals surface area contributed by atoms with Gasteiger partial charge in [0.2, 0.25) is 0 Å². The van der Waals surface area contributed by atoms with Gasteiger partial charge >= 0.3 is 5.97 Å². The monoisotopic (exact) mass is 388 g/mol. The van der Waals surface area contributed by atoms with Crippen molar-refractivity contribution in [2.24, 2.45) is 10.8 Å². The standard InChI is InChI=1S/C23H29FO4/c1-22(2)13-19(15-5-7-16(24)8-6-15)20(23(3,4)14-22)10-9-17(25)11-18(26)12-21(27)28/h5-10,17,25H,11-14H2,1-4H3,(H,27,28). The molecule has 0 radical (unpaired) electrons. The van der Waals surface area contributed by atoms with E-state index in [0.717, 1.165) is 29.6 Å². The van der Waals surface area contributed by atoms with Crippen molar-refractivity contribution in [2.75, 3.05) is 0 Å². The van der Waals surface area contributed by atoms with E-state index in [2.05, 4.69) is 27.7 Å². The SMILES string of the molecule is CC1(C)CC(c2ccc(F)cc2)=C(C=CC(O)CC(=O)CC(=O)O)C(C)(C)C1. The molecule has 1 aromatic rings. The van der Waals surface area contributed by atoms with Gasteiger partial charge in [-0.1, -0.05) is 52.0 Å². The number of carbonyl (C=O) groups excluding carboxylic acids is 1. The van der Waals surface area contributed by atoms with Crippen molar-refractivity contribution in [3.63, 3.8) is 0 Å². The average molecular weight is 388 g/mol. The maximum absolute atomic E-state index is 13.4. The van der Waals surface area contributed by atoms with E-state index in [0.29, 0.717) is 0 Å². The van der Waals surface area contributed by atoms with Crippen LogP contribution in [0.15, 0.2) is 42.0 Å². The number of hydrogen-bond acceptors (Lipinski definition) is 3. The zero-order valence-electron chi connectivity index (χ0n) is 17.0. The average Bonchev–Trinajstić information content (AvgIpc) is 2.51. The van der Waals surface area contributed by atoms with Crippen molar-refractivity contribution in [3.05, 3.63) is 53.4 Å². The summed E-state index contributed by atoms with van der Waals surface area (Å²) >= 11 is 0. The van der Waals surface area contributed by atoms with Crippen molar-refractivity contribution in [1.29, 1.82) is 0 Å². The van der Waals surface area contributed by atoms with Crippen molar-refractivity contribution in [1.82, 2.24) is 0 Å². The molecule has 2 N–H and O–H groups in total. The molecule has 0 aromatic heterocycles. The van der Waals surface area contributed by atoms with Crippen LogP contribution in [0.3, 0.4) is 0 Å². The molecule has 152 valence electrons. The molecule has 1 aliphatic rings. The lowest BCUT2D eigenvalue weighted by atomic mass is 9.61. The summed E-state index contributed by atoms with van der Waals surface area (Å²) in [5, 5.41) is 18.8. The molecule has 0 aliphatic heterocycles. The molecule has 0 spiro atoms. The highest BCUT2D eigenvalue weighted by Crippen LogP contribution is 2.52. The van der Waals surface area contributed by atoms with Crippen LogP contribution in [0.5, 0.6) is 0 Å². The third kappa shape index (κ3) is 5.86. The Bertz CT molecular complexity index is 800. The summed E-state index contributed by atoms with van der Waals surface area (Å²) in [5.74, 6) is -2.00. The first-order chi connectivity index (χ1) is 12.9. The van der Waals surface area contributed by atoms with Gasteiger partial charge in [0.25, 0.3) is 0 Å². The Kier molecular flexibility index (Phi) is 6.60. The lowest BCUT2D eigenvalue weighted by Gasteiger charge is -2.43. The number of rotatable bonds is 7. The summed E-state index contributed by atoms with van der Waals surface area (Å²) in [5.41, 5.74) is 2.98. The quantitative estimate of drug-likeness (QED) is 0.660. The van der Waals surface area contributed by atoms with E-state index in [4.69, 9.17) is 5.11 Å². The molecule has 0 bridgehead atoms. The van der Waals surface area contributed by atoms with Gasteiger partial charge in [0, 0.05) is 6.42 Å². The topological polar surface area (TPSA) is 74.6 Å². The summed E-state index contributed by atoms with van der Waals surface area (Å²) in [6.45, 7) is 8.69. The van der Waals surface area contributed by atoms with Crippen molar-refractivity contribution in [2.45, 2.75) is 59.5 Å². The van der Waals surface area contributed by atoms with Crippen molar-refractivity contribution < 1.29 is 24.2 Å². The molecule has 0 saturated heterocycles. The third-order valence-electron chi connectivity index (χ3n) is 5.09. The maximum atomic E-state index is 13.4. The number of carbonyl (C=O) groups is 2. The number of hydrogen-bond donors (Lipinski definition) is 2. The van der Waals surface area contributed by atoms with E-state index in [-0.39, 0.29) is 23.1 Å². The zero-order chi connectivity index (χ0) is 21.1. The number of halogens is 1. The normalized spacial score (nSPS) is 19.6. The number of allylic oxidation sites excluding steroid dienone is 3. The second kappa shape index (κ2) is 8.39. The van der Waals surface area contributed by atoms with Crippen LogP contribution in [0.2, 0.25) is 0 Å². The van der Waals surface area contributed by atoms with E-state index in [9.17, 15) is 19.1 Å². The van der Waals surface area contributed by atoms with Gasteiger partial charge in [0.15, 0.2) is 0 Å². The van der Waals surface area contributed by atoms with Crippen LogP contribution < -0.4 is 0 Å². The molecule has 0 fully saturated rings. The molecule has 1 unspecified atom stereocenters. The first kappa shape index (κ1) is 22.0. The Morgan fingerprint density at radius 3 is 2.36 bits per heavy atom. The molecule has 0 amide bonds. The van der Waals surface area contributed by atoms with Crippen LogP contribution in [0, 0.1) is 16.6 Å². The van der Waals surface area contributed by atoms with Gasteiger partial charge < -0.3 is 10.2 Å². The van der Waals surface area contributed by atoms with Crippen LogP contribution >= 0.6 is 0 Å². The minimum absolute atomic E-state index is 0.0701. The minimum Gasteiger partial charge on any atom is -0.481 e. The number of aliphatic hydroxyl groups excluding tert-OH is 1. The first-order valence-electron chi connectivity index (χ1n) is 9.49. The van der Waals surface area contributed by atoms with E-state index >= 15 is 0 Å². The van der Waals surface area contributed by atoms with E-state index < -0.39 is 24.3 Å². The fourth-order valence-electron chi connectivity index (χ4n) is 4.32. The van der Waals surface area contributed by atoms with Gasteiger partial charge in [-0.3, -0.25) is 9.59 Å². The van der Waals surface area contributed by atoms with E-state index in [1.807, 2.05) is 6.08 Å². The summed E-state index contributed by atoms with van der Waals surface area (Å²) in [6, 6.07) is 6.42. The number of carboxylic acid groups (broad SMARTS) is 1. The smallest absolute Gasteiger partial charge is 0.310 e. The number of ketones is 1. The molecule has 4 nitrogen and oxygen atoms in total. The first-order valence-corrected chi connectivity index (χ1v) is 9.49. The van der Waals surface area contributed by atoms with Gasteiger partial charge in [-0.2, -0.15) is 0 Å². The van der Waals surface area contributed by atoms with E-state index in [1.54, 1.807) is 18.2 Å². The fourth-order valence-corrected chi connectivity index (χ4v) is 4.32. The number of benzene rings is 1. The summed E-state index contributed by atoms with van der Waals surface area (Å²) in [7, 11) is 0. The highest BCUT2D eigenvalue weighted by Gasteiger charge is 2.38. The molecule has 1 aliphatic carbocycles. The summed E-state index contributed by atoms with van der Waals surface area (Å²) in [4.78, 5) is 22.2. The van der Waals surface area contributed by atoms with Gasteiger partial charge in [-0.05, 0) is 52.5 Å². The number of aliphatic hydroxyl groups is 1. The second-order valence-corrected chi connectivity index (χ2v) is 9.04. The highest BCUT2D eigenvalue weighted by atomic mass is 19.1. The minimum atomic E-state index is -1.20. The van der Waals surface area contributed by atoms with E-state index in [1.165, 1.54) is 12.1 Å². The molecule has 0 heterocycles. The molecular weight excluding hydrogens is 359 g/mol. The molecule has 0 saturated carbocycles. The van der Waals surface area contributed by atoms with Crippen LogP contribution in [0.4, 0.5) is 4.39 Å². The lowest BCUT2D eigenvalue weighted by molar-refractivity contribution is -0.140. The highest BCUT2D eigenvalue weighted by molar-refractivity contribution is 5.95. The Balaban J connectivity index is 2.37. The molecule has 5 heteroatoms. The second-order valence-electron chi connectivity index (χ2n) is 9.04. The Morgan fingerprint density at radius 1 is 1.18 bits per heavy atom. The van der Waals surface area contributed by atoms with Gasteiger partial charge in [-0.15, -0.1) is 0 Å². The molecule has 28 heavy (non-hydrogen) atoms. The largest absolute Gasteiger partial charge is 0.481 e. The number of carboxylic acids is 1. The van der Waals surface area contributed by atoms with Crippen LogP contribution in [-0.4, -0.2) is 28.1 Å². The predicted octanol–water partition coefficient (Wildman–Crippen LogP) is 4.78. The van der Waals surface area contributed by atoms with Gasteiger partial charge in [-0.25, -0.2) is 4.39 Å². The molecular formula is C23H29FO4. The molecule has 1 atom stereocenters. The van der Waals surface area contributed by atoms with Crippen molar-refractivity contribution >= 4 is 17.3 Å². The van der Waals surface area contributed by atoms with Gasteiger partial charge in [0.05, 0.1) is 6.10 Å². The third-order valence-corrected chi connectivity index (χ3v) is 5.09. The lowest BCUT2D eigenvalue weighted by Crippen LogP contribution is -2.30. The molecule has 1 aromatic carbocycles. The Hall–Kier alpha value is -2.27. The Labute approximate surface area is 165 Å². The number of aliphatic carboxylic acids is 1. The summed E-state index contributed by atoms with van der Waals surface area (Å²) < 4.78 is 13.4. The number of Topliss-reactive ketones (excluding diaryl/α,β-unsaturated/α-hetero) is 1. The van der Waals surface area contributed by atoms with Crippen LogP contribution in [-0.2, 0) is 9.59 Å². The Morgan fingerprint density at radius 2 is 1.79 bits per heavy atom. The van der Waals surface area contributed by atoms with Crippen molar-refractivity contribution in [3.8, 4) is 0 Å². The van der Waals surface area contributed by atoms with Crippen LogP contribution in [0.25, 0.3) is 5.57 Å². The van der Waals surface area contributed by atoms with Crippen LogP contribution in [0.1, 0.15) is 58.9 Å². The predicted molar refractivity (Wildman–Crippen MR) is 107 cm³/mol. The fraction of sp³-hybridized carbons (Fsp3) is 0.478. The molecule has 2 rings (SSSR count). The zero-order valence-corrected chi connectivity index (χ0v) is 17.0. The summed E-state index contributed by atoms with van der Waals surface area (Å²) in [6.07, 6.45) is 3.29. The maximum Gasteiger partial charge on any atom is 0.310 e. The van der Waals surface area contributed by atoms with Gasteiger partial charge in [0.1, 0.15) is 18.0 Å².